The average molecular weight is 445 g/mol. The minimum Gasteiger partial charge on any atom is -0.418 e. The number of alkyl halides is 1. The summed E-state index contributed by atoms with van der Waals surface area (Å²) in [6, 6.07) is 31.6. The van der Waals surface area contributed by atoms with Crippen molar-refractivity contribution in [1.29, 1.82) is 0 Å². The van der Waals surface area contributed by atoms with Gasteiger partial charge in [-0.1, -0.05) is 54.6 Å². The van der Waals surface area contributed by atoms with Crippen LogP contribution in [0.1, 0.15) is 25.2 Å². The standard InChI is InChI=1S/C27H27FN2OP/c28-21-25-29-26(27(31-25)30-19-11-4-12-20-30)32(22-13-5-1-6-14-22,23-15-7-2-8-16-23)24-17-9-3-10-18-24/h1-3,5-10,13-18H,4,11-12,19-21H2/q+1. The van der Waals surface area contributed by atoms with Crippen LogP contribution in [0.15, 0.2) is 95.4 Å². The molecule has 5 rings (SSSR count). The third-order valence-corrected chi connectivity index (χ3v) is 10.3. The van der Waals surface area contributed by atoms with Gasteiger partial charge < -0.3 is 9.32 Å². The van der Waals surface area contributed by atoms with Gasteiger partial charge in [-0.25, -0.2) is 4.39 Å². The van der Waals surface area contributed by atoms with E-state index < -0.39 is 13.9 Å². The second kappa shape index (κ2) is 9.26. The molecule has 0 saturated carbocycles. The van der Waals surface area contributed by atoms with Crippen molar-refractivity contribution in [3.8, 4) is 0 Å². The average Bonchev–Trinajstić information content (AvgIpc) is 3.32. The van der Waals surface area contributed by atoms with E-state index in [1.807, 2.05) is 18.2 Å². The molecule has 0 unspecified atom stereocenters. The number of piperidine rings is 1. The maximum absolute atomic E-state index is 13.9. The molecule has 162 valence electrons. The molecule has 0 aliphatic carbocycles. The molecule has 0 N–H and O–H groups in total. The van der Waals surface area contributed by atoms with E-state index >= 15 is 0 Å². The first-order valence-corrected chi connectivity index (χ1v) is 13.0. The molecule has 1 fully saturated rings. The van der Waals surface area contributed by atoms with E-state index in [9.17, 15) is 4.39 Å². The van der Waals surface area contributed by atoms with Crippen molar-refractivity contribution < 1.29 is 8.81 Å². The molecular formula is C27H27FN2OP+. The van der Waals surface area contributed by atoms with Gasteiger partial charge in [0.1, 0.15) is 15.9 Å². The quantitative estimate of drug-likeness (QED) is 0.401. The van der Waals surface area contributed by atoms with Crippen molar-refractivity contribution in [2.75, 3.05) is 18.0 Å². The zero-order valence-electron chi connectivity index (χ0n) is 18.0. The minimum atomic E-state index is -2.42. The fourth-order valence-electron chi connectivity index (χ4n) is 4.69. The topological polar surface area (TPSA) is 29.3 Å². The van der Waals surface area contributed by atoms with E-state index in [1.165, 1.54) is 22.3 Å². The van der Waals surface area contributed by atoms with Gasteiger partial charge in [0.2, 0.25) is 5.89 Å². The van der Waals surface area contributed by atoms with Gasteiger partial charge in [-0.2, -0.15) is 4.98 Å². The second-order valence-electron chi connectivity index (χ2n) is 8.10. The Morgan fingerprint density at radius 2 is 1.19 bits per heavy atom. The molecule has 3 nitrogen and oxygen atoms in total. The highest BCUT2D eigenvalue weighted by Crippen LogP contribution is 2.56. The van der Waals surface area contributed by atoms with Crippen molar-refractivity contribution in [1.82, 2.24) is 4.98 Å². The lowest BCUT2D eigenvalue weighted by molar-refractivity contribution is 0.376. The largest absolute Gasteiger partial charge is 0.418 e. The van der Waals surface area contributed by atoms with Gasteiger partial charge in [-0.3, -0.25) is 0 Å². The van der Waals surface area contributed by atoms with Crippen LogP contribution in [-0.4, -0.2) is 18.1 Å². The molecule has 1 aromatic heterocycles. The van der Waals surface area contributed by atoms with E-state index in [0.29, 0.717) is 0 Å². The van der Waals surface area contributed by atoms with Crippen molar-refractivity contribution in [2.24, 2.45) is 0 Å². The number of anilines is 1. The van der Waals surface area contributed by atoms with Crippen molar-refractivity contribution in [2.45, 2.75) is 25.9 Å². The van der Waals surface area contributed by atoms with Crippen LogP contribution in [0.3, 0.4) is 0 Å². The molecule has 0 spiro atoms. The molecule has 1 saturated heterocycles. The maximum atomic E-state index is 13.9. The number of hydrogen-bond acceptors (Lipinski definition) is 3. The van der Waals surface area contributed by atoms with E-state index in [0.717, 1.165) is 37.3 Å². The number of hydrogen-bond donors (Lipinski definition) is 0. The van der Waals surface area contributed by atoms with Crippen LogP contribution < -0.4 is 26.2 Å². The molecule has 0 bridgehead atoms. The number of halogens is 1. The van der Waals surface area contributed by atoms with Gasteiger partial charge in [0.15, 0.2) is 13.9 Å². The smallest absolute Gasteiger partial charge is 0.261 e. The van der Waals surface area contributed by atoms with Crippen LogP contribution in [0.25, 0.3) is 0 Å². The lowest BCUT2D eigenvalue weighted by Gasteiger charge is -2.30. The molecule has 32 heavy (non-hydrogen) atoms. The Bertz CT molecular complexity index is 1050. The molecule has 1 aliphatic rings. The number of benzene rings is 3. The first-order valence-electron chi connectivity index (χ1n) is 11.2. The van der Waals surface area contributed by atoms with Crippen LogP contribution in [-0.2, 0) is 6.67 Å². The Labute approximate surface area is 189 Å². The summed E-state index contributed by atoms with van der Waals surface area (Å²) in [6.45, 7) is 1.11. The van der Waals surface area contributed by atoms with Gasteiger partial charge in [0.25, 0.3) is 11.3 Å². The molecule has 2 heterocycles. The van der Waals surface area contributed by atoms with Crippen LogP contribution >= 0.6 is 7.26 Å². The maximum Gasteiger partial charge on any atom is 0.261 e. The number of aromatic nitrogens is 1. The Kier molecular flexibility index (Phi) is 6.05. The molecule has 5 heteroatoms. The Hall–Kier alpha value is -2.97. The van der Waals surface area contributed by atoms with Gasteiger partial charge in [-0.05, 0) is 55.7 Å². The van der Waals surface area contributed by atoms with E-state index in [2.05, 4.69) is 77.7 Å². The minimum absolute atomic E-state index is 0.160. The summed E-state index contributed by atoms with van der Waals surface area (Å²) in [4.78, 5) is 7.14. The number of nitrogens with zero attached hydrogens (tertiary/aromatic N) is 2. The highest BCUT2D eigenvalue weighted by atomic mass is 31.2. The first-order chi connectivity index (χ1) is 15.8. The summed E-state index contributed by atoms with van der Waals surface area (Å²) in [7, 11) is -2.42. The van der Waals surface area contributed by atoms with E-state index in [4.69, 9.17) is 9.40 Å². The number of oxazole rings is 1. The summed E-state index contributed by atoms with van der Waals surface area (Å²) in [5, 5.41) is 3.57. The van der Waals surface area contributed by atoms with Crippen LogP contribution in [0.2, 0.25) is 0 Å². The van der Waals surface area contributed by atoms with Crippen molar-refractivity contribution in [3.63, 3.8) is 0 Å². The van der Waals surface area contributed by atoms with Crippen molar-refractivity contribution >= 4 is 34.5 Å². The van der Waals surface area contributed by atoms with Gasteiger partial charge in [0, 0.05) is 13.1 Å². The number of rotatable bonds is 6. The van der Waals surface area contributed by atoms with E-state index in [1.54, 1.807) is 0 Å². The summed E-state index contributed by atoms with van der Waals surface area (Å²) in [5.74, 6) is 0.898. The van der Waals surface area contributed by atoms with Crippen molar-refractivity contribution in [3.05, 3.63) is 96.9 Å². The van der Waals surface area contributed by atoms with Gasteiger partial charge >= 0.3 is 0 Å². The summed E-state index contributed by atoms with van der Waals surface area (Å²) >= 11 is 0. The fourth-order valence-corrected chi connectivity index (χ4v) is 8.92. The molecule has 1 aliphatic heterocycles. The summed E-state index contributed by atoms with van der Waals surface area (Å²) in [5.41, 5.74) is 0.871. The van der Waals surface area contributed by atoms with Gasteiger partial charge in [-0.15, -0.1) is 0 Å². The highest BCUT2D eigenvalue weighted by Gasteiger charge is 2.53. The molecular weight excluding hydrogens is 418 g/mol. The lowest BCUT2D eigenvalue weighted by Crippen LogP contribution is -2.42. The Balaban J connectivity index is 1.87. The van der Waals surface area contributed by atoms with E-state index in [-0.39, 0.29) is 5.89 Å². The third-order valence-electron chi connectivity index (χ3n) is 6.14. The van der Waals surface area contributed by atoms with Crippen LogP contribution in [0.4, 0.5) is 10.3 Å². The lowest BCUT2D eigenvalue weighted by atomic mass is 10.1. The summed E-state index contributed by atoms with van der Waals surface area (Å²) in [6.07, 6.45) is 3.43. The van der Waals surface area contributed by atoms with Crippen LogP contribution in [0.5, 0.6) is 0 Å². The predicted molar refractivity (Wildman–Crippen MR) is 132 cm³/mol. The molecule has 0 amide bonds. The highest BCUT2D eigenvalue weighted by molar-refractivity contribution is 8.01. The zero-order chi connectivity index (χ0) is 21.8. The summed E-state index contributed by atoms with van der Waals surface area (Å²) < 4.78 is 20.1. The monoisotopic (exact) mass is 445 g/mol. The second-order valence-corrected chi connectivity index (χ2v) is 11.4. The predicted octanol–water partition coefficient (Wildman–Crippen LogP) is 4.75. The Morgan fingerprint density at radius 1 is 0.719 bits per heavy atom. The fraction of sp³-hybridized carbons (Fsp3) is 0.222. The molecule has 0 radical (unpaired) electrons. The van der Waals surface area contributed by atoms with Crippen LogP contribution in [0, 0.1) is 0 Å². The normalized spacial score (nSPS) is 14.5. The molecule has 3 aromatic carbocycles. The first kappa shape index (κ1) is 20.9. The molecule has 4 aromatic rings. The zero-order valence-corrected chi connectivity index (χ0v) is 18.9. The SMILES string of the molecule is FCc1nc([P+](c2ccccc2)(c2ccccc2)c2ccccc2)c(N2CCCCC2)o1. The Morgan fingerprint density at radius 3 is 1.62 bits per heavy atom. The van der Waals surface area contributed by atoms with Gasteiger partial charge in [0.05, 0.1) is 0 Å². The third kappa shape index (κ3) is 3.63. The molecule has 0 atom stereocenters.